The molecule has 0 atom stereocenters. The predicted molar refractivity (Wildman–Crippen MR) is 111 cm³/mol. The van der Waals surface area contributed by atoms with Crippen molar-refractivity contribution in [2.24, 2.45) is 0 Å². The van der Waals surface area contributed by atoms with Gasteiger partial charge in [0.2, 0.25) is 5.91 Å². The van der Waals surface area contributed by atoms with Crippen LogP contribution in [-0.2, 0) is 10.2 Å². The quantitative estimate of drug-likeness (QED) is 0.530. The molecule has 0 radical (unpaired) electrons. The van der Waals surface area contributed by atoms with Gasteiger partial charge in [-0.2, -0.15) is 0 Å². The molecule has 2 aromatic heterocycles. The Bertz CT molecular complexity index is 1190. The van der Waals surface area contributed by atoms with E-state index in [9.17, 15) is 9.18 Å². The number of carbonyl (C=O) groups is 1. The molecule has 0 aliphatic heterocycles. The normalized spacial score (nSPS) is 14.7. The fraction of sp³-hybridized carbons (Fsp3) is 0.167. The van der Waals surface area contributed by atoms with Crippen molar-refractivity contribution in [3.05, 3.63) is 90.0 Å². The number of hydrogen-bond acceptors (Lipinski definition) is 2. The van der Waals surface area contributed by atoms with Gasteiger partial charge in [-0.15, -0.1) is 0 Å². The lowest BCUT2D eigenvalue weighted by molar-refractivity contribution is -0.118. The Kier molecular flexibility index (Phi) is 3.98. The Morgan fingerprint density at radius 2 is 1.90 bits per heavy atom. The van der Waals surface area contributed by atoms with E-state index in [1.165, 1.54) is 12.1 Å². The van der Waals surface area contributed by atoms with E-state index < -0.39 is 5.41 Å². The molecule has 4 aromatic rings. The second-order valence-electron chi connectivity index (χ2n) is 7.67. The summed E-state index contributed by atoms with van der Waals surface area (Å²) in [6, 6.07) is 18.1. The SMILES string of the molecule is Cc1ccc(-c2cn3ccccc3n2)cc1NC(=O)C1(c2ccc(F)cc2)CC1. The lowest BCUT2D eigenvalue weighted by Gasteiger charge is -2.17. The highest BCUT2D eigenvalue weighted by Gasteiger charge is 2.51. The molecule has 2 aromatic carbocycles. The van der Waals surface area contributed by atoms with Crippen molar-refractivity contribution in [2.45, 2.75) is 25.2 Å². The number of aryl methyl sites for hydroxylation is 1. The van der Waals surface area contributed by atoms with Gasteiger partial charge in [0.15, 0.2) is 0 Å². The number of pyridine rings is 1. The van der Waals surface area contributed by atoms with Crippen LogP contribution < -0.4 is 5.32 Å². The largest absolute Gasteiger partial charge is 0.325 e. The van der Waals surface area contributed by atoms with Crippen LogP contribution in [0.5, 0.6) is 0 Å². The van der Waals surface area contributed by atoms with Gasteiger partial charge in [0.05, 0.1) is 11.1 Å². The Morgan fingerprint density at radius 1 is 1.10 bits per heavy atom. The van der Waals surface area contributed by atoms with E-state index in [1.54, 1.807) is 12.1 Å². The van der Waals surface area contributed by atoms with E-state index >= 15 is 0 Å². The third-order valence-corrected chi connectivity index (χ3v) is 5.73. The molecular weight excluding hydrogens is 365 g/mol. The van der Waals surface area contributed by atoms with Gasteiger partial charge in [-0.1, -0.05) is 30.3 Å². The summed E-state index contributed by atoms with van der Waals surface area (Å²) in [4.78, 5) is 17.8. The summed E-state index contributed by atoms with van der Waals surface area (Å²) in [5.74, 6) is -0.333. The summed E-state index contributed by atoms with van der Waals surface area (Å²) >= 11 is 0. The molecule has 2 heterocycles. The van der Waals surface area contributed by atoms with Gasteiger partial charge in [0, 0.05) is 23.6 Å². The van der Waals surface area contributed by atoms with Crippen LogP contribution in [0.25, 0.3) is 16.9 Å². The van der Waals surface area contributed by atoms with Crippen LogP contribution in [0.4, 0.5) is 10.1 Å². The predicted octanol–water partition coefficient (Wildman–Crippen LogP) is 5.12. The second kappa shape index (κ2) is 6.55. The molecule has 1 saturated carbocycles. The number of halogens is 1. The van der Waals surface area contributed by atoms with Crippen LogP contribution in [0.1, 0.15) is 24.0 Å². The summed E-state index contributed by atoms with van der Waals surface area (Å²) in [6.07, 6.45) is 5.49. The zero-order valence-electron chi connectivity index (χ0n) is 16.0. The van der Waals surface area contributed by atoms with Crippen LogP contribution in [0.3, 0.4) is 0 Å². The number of carbonyl (C=O) groups excluding carboxylic acids is 1. The molecule has 1 fully saturated rings. The molecule has 1 aliphatic carbocycles. The first-order chi connectivity index (χ1) is 14.0. The number of nitrogens with one attached hydrogen (secondary N) is 1. The summed E-state index contributed by atoms with van der Waals surface area (Å²) < 4.78 is 15.2. The van der Waals surface area contributed by atoms with Crippen LogP contribution >= 0.6 is 0 Å². The summed E-state index contributed by atoms with van der Waals surface area (Å²) in [7, 11) is 0. The Morgan fingerprint density at radius 3 is 2.62 bits per heavy atom. The smallest absolute Gasteiger partial charge is 0.235 e. The number of hydrogen-bond donors (Lipinski definition) is 1. The third-order valence-electron chi connectivity index (χ3n) is 5.73. The van der Waals surface area contributed by atoms with E-state index in [-0.39, 0.29) is 11.7 Å². The summed E-state index contributed by atoms with van der Waals surface area (Å²) in [6.45, 7) is 1.97. The number of fused-ring (bicyclic) bond motifs is 1. The molecule has 0 spiro atoms. The average molecular weight is 385 g/mol. The Labute approximate surface area is 168 Å². The number of benzene rings is 2. The zero-order valence-corrected chi connectivity index (χ0v) is 16.0. The Hall–Kier alpha value is -3.47. The van der Waals surface area contributed by atoms with E-state index in [1.807, 2.05) is 60.1 Å². The number of nitrogens with zero attached hydrogens (tertiary/aromatic N) is 2. The maximum atomic E-state index is 13.3. The van der Waals surface area contributed by atoms with Gasteiger partial charge in [0.25, 0.3) is 0 Å². The number of imidazole rings is 1. The van der Waals surface area contributed by atoms with Gasteiger partial charge in [-0.25, -0.2) is 9.37 Å². The number of aromatic nitrogens is 2. The fourth-order valence-corrected chi connectivity index (χ4v) is 3.77. The van der Waals surface area contributed by atoms with Crippen molar-refractivity contribution >= 4 is 17.2 Å². The minimum absolute atomic E-state index is 0.0423. The van der Waals surface area contributed by atoms with E-state index in [2.05, 4.69) is 10.3 Å². The van der Waals surface area contributed by atoms with Gasteiger partial charge < -0.3 is 9.72 Å². The molecule has 5 heteroatoms. The molecule has 1 aliphatic rings. The molecule has 0 bridgehead atoms. The maximum absolute atomic E-state index is 13.3. The number of rotatable bonds is 4. The van der Waals surface area contributed by atoms with Crippen molar-refractivity contribution < 1.29 is 9.18 Å². The van der Waals surface area contributed by atoms with Gasteiger partial charge >= 0.3 is 0 Å². The molecule has 29 heavy (non-hydrogen) atoms. The number of anilines is 1. The van der Waals surface area contributed by atoms with Crippen molar-refractivity contribution in [1.82, 2.24) is 9.38 Å². The molecule has 1 amide bonds. The van der Waals surface area contributed by atoms with Crippen LogP contribution in [0.2, 0.25) is 0 Å². The highest BCUT2D eigenvalue weighted by Crippen LogP contribution is 2.49. The molecule has 1 N–H and O–H groups in total. The lowest BCUT2D eigenvalue weighted by atomic mass is 9.94. The van der Waals surface area contributed by atoms with E-state index in [4.69, 9.17) is 0 Å². The van der Waals surface area contributed by atoms with Gasteiger partial charge in [-0.3, -0.25) is 4.79 Å². The van der Waals surface area contributed by atoms with Crippen molar-refractivity contribution in [3.63, 3.8) is 0 Å². The average Bonchev–Trinajstić information content (AvgIpc) is 3.42. The van der Waals surface area contributed by atoms with E-state index in [0.29, 0.717) is 0 Å². The first-order valence-corrected chi connectivity index (χ1v) is 9.67. The maximum Gasteiger partial charge on any atom is 0.235 e. The molecule has 144 valence electrons. The van der Waals surface area contributed by atoms with Crippen LogP contribution in [0, 0.1) is 12.7 Å². The minimum Gasteiger partial charge on any atom is -0.325 e. The highest BCUT2D eigenvalue weighted by atomic mass is 19.1. The summed E-state index contributed by atoms with van der Waals surface area (Å²) in [5.41, 5.74) is 4.75. The molecule has 5 rings (SSSR count). The molecule has 0 unspecified atom stereocenters. The topological polar surface area (TPSA) is 46.4 Å². The van der Waals surface area contributed by atoms with Gasteiger partial charge in [-0.05, 0) is 61.2 Å². The standard InChI is InChI=1S/C24H20FN3O/c1-16-5-6-17(21-15-28-13-3-2-4-22(28)26-21)14-20(16)27-23(29)24(11-12-24)18-7-9-19(25)10-8-18/h2-10,13-15H,11-12H2,1H3,(H,27,29). The fourth-order valence-electron chi connectivity index (χ4n) is 3.77. The van der Waals surface area contributed by atoms with Crippen LogP contribution in [0.15, 0.2) is 73.1 Å². The Balaban J connectivity index is 1.45. The van der Waals surface area contributed by atoms with Crippen molar-refractivity contribution in [1.29, 1.82) is 0 Å². The highest BCUT2D eigenvalue weighted by molar-refractivity contribution is 6.02. The van der Waals surface area contributed by atoms with Crippen molar-refractivity contribution in [2.75, 3.05) is 5.32 Å². The zero-order chi connectivity index (χ0) is 20.0. The van der Waals surface area contributed by atoms with Crippen molar-refractivity contribution in [3.8, 4) is 11.3 Å². The lowest BCUT2D eigenvalue weighted by Crippen LogP contribution is -2.28. The van der Waals surface area contributed by atoms with E-state index in [0.717, 1.165) is 46.6 Å². The second-order valence-corrected chi connectivity index (χ2v) is 7.67. The van der Waals surface area contributed by atoms with Gasteiger partial charge in [0.1, 0.15) is 11.5 Å². The first-order valence-electron chi connectivity index (χ1n) is 9.67. The summed E-state index contributed by atoms with van der Waals surface area (Å²) in [5, 5.41) is 3.10. The van der Waals surface area contributed by atoms with Crippen LogP contribution in [-0.4, -0.2) is 15.3 Å². The monoisotopic (exact) mass is 385 g/mol. The number of amides is 1. The third kappa shape index (κ3) is 3.09. The molecule has 4 nitrogen and oxygen atoms in total. The molecular formula is C24H20FN3O. The first kappa shape index (κ1) is 17.6. The molecule has 0 saturated heterocycles. The minimum atomic E-state index is -0.556.